The van der Waals surface area contributed by atoms with Crippen molar-refractivity contribution in [2.45, 2.75) is 6.92 Å². The van der Waals surface area contributed by atoms with Gasteiger partial charge in [-0.15, -0.1) is 0 Å². The molecule has 0 unspecified atom stereocenters. The van der Waals surface area contributed by atoms with Crippen LogP contribution in [-0.2, 0) is 19.1 Å². The van der Waals surface area contributed by atoms with Gasteiger partial charge in [-0.1, -0.05) is 23.2 Å². The quantitative estimate of drug-likeness (QED) is 0.483. The van der Waals surface area contributed by atoms with Crippen molar-refractivity contribution in [3.8, 4) is 0 Å². The SMILES string of the molecule is CC(=O)Nc1cc(Cl)ccc1C(=O)O.COC(=O)c1ccc(Cl)cc1N.O=C=O. The summed E-state index contributed by atoms with van der Waals surface area (Å²) in [4.78, 5) is 48.7. The van der Waals surface area contributed by atoms with Gasteiger partial charge in [0.2, 0.25) is 5.91 Å². The maximum absolute atomic E-state index is 11.0. The summed E-state index contributed by atoms with van der Waals surface area (Å²) in [6, 6.07) is 8.82. The Kier molecular flexibility index (Phi) is 11.4. The summed E-state index contributed by atoms with van der Waals surface area (Å²) in [6.07, 6.45) is 0.250. The van der Waals surface area contributed by atoms with Crippen molar-refractivity contribution in [1.29, 1.82) is 0 Å². The summed E-state index contributed by atoms with van der Waals surface area (Å²) < 4.78 is 4.49. The molecule has 29 heavy (non-hydrogen) atoms. The Morgan fingerprint density at radius 3 is 1.93 bits per heavy atom. The second kappa shape index (κ2) is 12.9. The van der Waals surface area contributed by atoms with Gasteiger partial charge in [0.15, 0.2) is 0 Å². The van der Waals surface area contributed by atoms with Gasteiger partial charge in [0, 0.05) is 22.7 Å². The van der Waals surface area contributed by atoms with Crippen molar-refractivity contribution in [2.75, 3.05) is 18.2 Å². The first-order valence-electron chi connectivity index (χ1n) is 7.50. The van der Waals surface area contributed by atoms with Crippen LogP contribution in [0.25, 0.3) is 0 Å². The molecule has 2 rings (SSSR count). The number of nitrogens with two attached hydrogens (primary N) is 1. The molecule has 0 aliphatic heterocycles. The number of esters is 1. The average Bonchev–Trinajstić information content (AvgIpc) is 2.61. The van der Waals surface area contributed by atoms with E-state index in [4.69, 9.17) is 43.6 Å². The van der Waals surface area contributed by atoms with Crippen LogP contribution >= 0.6 is 23.2 Å². The Labute approximate surface area is 175 Å². The van der Waals surface area contributed by atoms with E-state index in [1.54, 1.807) is 6.07 Å². The highest BCUT2D eigenvalue weighted by molar-refractivity contribution is 6.31. The van der Waals surface area contributed by atoms with E-state index in [0.29, 0.717) is 21.3 Å². The molecule has 0 aromatic heterocycles. The van der Waals surface area contributed by atoms with Crippen LogP contribution in [-0.4, -0.2) is 36.2 Å². The van der Waals surface area contributed by atoms with E-state index in [1.165, 1.54) is 44.4 Å². The van der Waals surface area contributed by atoms with E-state index in [0.717, 1.165) is 0 Å². The van der Waals surface area contributed by atoms with Crippen molar-refractivity contribution in [3.05, 3.63) is 57.6 Å². The van der Waals surface area contributed by atoms with Gasteiger partial charge in [-0.25, -0.2) is 9.59 Å². The number of amides is 1. The van der Waals surface area contributed by atoms with Crippen LogP contribution in [0, 0.1) is 0 Å². The van der Waals surface area contributed by atoms with Crippen molar-refractivity contribution in [1.82, 2.24) is 0 Å². The summed E-state index contributed by atoms with van der Waals surface area (Å²) in [6.45, 7) is 1.30. The van der Waals surface area contributed by atoms with Crippen molar-refractivity contribution in [2.24, 2.45) is 0 Å². The molecular weight excluding hydrogens is 427 g/mol. The van der Waals surface area contributed by atoms with Gasteiger partial charge >= 0.3 is 18.1 Å². The monoisotopic (exact) mass is 442 g/mol. The lowest BCUT2D eigenvalue weighted by Gasteiger charge is -2.06. The summed E-state index contributed by atoms with van der Waals surface area (Å²) in [5, 5.41) is 12.0. The molecular formula is C18H16Cl2N2O7. The van der Waals surface area contributed by atoms with E-state index in [1.807, 2.05) is 0 Å². The number of hydrogen-bond donors (Lipinski definition) is 3. The number of rotatable bonds is 3. The number of nitrogen functional groups attached to an aromatic ring is 1. The van der Waals surface area contributed by atoms with Crippen LogP contribution in [0.2, 0.25) is 10.0 Å². The van der Waals surface area contributed by atoms with E-state index in [-0.39, 0.29) is 23.3 Å². The Morgan fingerprint density at radius 1 is 1.03 bits per heavy atom. The lowest BCUT2D eigenvalue weighted by Crippen LogP contribution is -2.10. The van der Waals surface area contributed by atoms with Crippen LogP contribution in [0.15, 0.2) is 36.4 Å². The molecule has 0 radical (unpaired) electrons. The van der Waals surface area contributed by atoms with Crippen LogP contribution in [0.1, 0.15) is 27.6 Å². The predicted octanol–water partition coefficient (Wildman–Crippen LogP) is 3.12. The number of aromatic carboxylic acids is 1. The third kappa shape index (κ3) is 9.39. The molecule has 0 spiro atoms. The molecule has 1 amide bonds. The zero-order valence-electron chi connectivity index (χ0n) is 15.2. The highest BCUT2D eigenvalue weighted by Gasteiger charge is 2.11. The number of methoxy groups -OCH3 is 1. The van der Waals surface area contributed by atoms with Gasteiger partial charge in [-0.3, -0.25) is 4.79 Å². The number of nitrogens with one attached hydrogen (secondary N) is 1. The molecule has 0 atom stereocenters. The third-order valence-electron chi connectivity index (χ3n) is 2.94. The van der Waals surface area contributed by atoms with Crippen molar-refractivity contribution >= 4 is 58.6 Å². The predicted molar refractivity (Wildman–Crippen MR) is 105 cm³/mol. The number of carbonyl (C=O) groups is 3. The number of hydrogen-bond acceptors (Lipinski definition) is 7. The summed E-state index contributed by atoms with van der Waals surface area (Å²) in [7, 11) is 1.30. The molecule has 2 aromatic carbocycles. The topological polar surface area (TPSA) is 153 Å². The van der Waals surface area contributed by atoms with Gasteiger partial charge in [-0.2, -0.15) is 9.59 Å². The number of anilines is 2. The molecule has 2 aromatic rings. The summed E-state index contributed by atoms with van der Waals surface area (Å²) >= 11 is 11.3. The Morgan fingerprint density at radius 2 is 1.52 bits per heavy atom. The van der Waals surface area contributed by atoms with Gasteiger partial charge in [0.25, 0.3) is 0 Å². The van der Waals surface area contributed by atoms with Gasteiger partial charge in [0.1, 0.15) is 0 Å². The number of carbonyl (C=O) groups excluding carboxylic acids is 4. The average molecular weight is 443 g/mol. The summed E-state index contributed by atoms with van der Waals surface area (Å²) in [5.74, 6) is -1.90. The fraction of sp³-hybridized carbons (Fsp3) is 0.111. The van der Waals surface area contributed by atoms with E-state index < -0.39 is 11.9 Å². The number of benzene rings is 2. The number of halogens is 2. The molecule has 0 bridgehead atoms. The molecule has 0 aliphatic rings. The molecule has 11 heteroatoms. The molecule has 0 aliphatic carbocycles. The molecule has 4 N–H and O–H groups in total. The Balaban J connectivity index is 0.000000481. The Hall–Kier alpha value is -3.39. The molecule has 0 saturated heterocycles. The minimum atomic E-state index is -1.11. The van der Waals surface area contributed by atoms with E-state index >= 15 is 0 Å². The lowest BCUT2D eigenvalue weighted by molar-refractivity contribution is -0.191. The standard InChI is InChI=1S/C9H8ClNO3.C8H8ClNO2.CO2/c1-5(12)11-8-4-6(10)2-3-7(8)9(13)14;1-12-8(11)6-3-2-5(9)4-7(6)10;2-1-3/h2-4H,1H3,(H,11,12)(H,13,14);2-4H,10H2,1H3;. The first kappa shape index (κ1) is 25.6. The highest BCUT2D eigenvalue weighted by Crippen LogP contribution is 2.21. The number of ether oxygens (including phenoxy) is 1. The maximum Gasteiger partial charge on any atom is 0.373 e. The number of carboxylic acids is 1. The smallest absolute Gasteiger partial charge is 0.373 e. The molecule has 0 saturated carbocycles. The minimum absolute atomic E-state index is 0.0181. The minimum Gasteiger partial charge on any atom is -0.478 e. The van der Waals surface area contributed by atoms with Crippen molar-refractivity contribution in [3.63, 3.8) is 0 Å². The van der Waals surface area contributed by atoms with Crippen LogP contribution in [0.4, 0.5) is 11.4 Å². The molecule has 9 nitrogen and oxygen atoms in total. The van der Waals surface area contributed by atoms with Crippen LogP contribution < -0.4 is 11.1 Å². The second-order valence-corrected chi connectivity index (χ2v) is 5.86. The summed E-state index contributed by atoms with van der Waals surface area (Å²) in [5.41, 5.74) is 6.40. The Bertz CT molecular complexity index is 926. The fourth-order valence-corrected chi connectivity index (χ4v) is 2.18. The molecule has 0 fully saturated rings. The largest absolute Gasteiger partial charge is 0.478 e. The van der Waals surface area contributed by atoms with Crippen molar-refractivity contribution < 1.29 is 33.8 Å². The number of carboxylic acid groups (broad SMARTS) is 1. The van der Waals surface area contributed by atoms with Gasteiger partial charge < -0.3 is 20.9 Å². The second-order valence-electron chi connectivity index (χ2n) is 4.98. The highest BCUT2D eigenvalue weighted by atomic mass is 35.5. The van der Waals surface area contributed by atoms with Crippen LogP contribution in [0.5, 0.6) is 0 Å². The van der Waals surface area contributed by atoms with Gasteiger partial charge in [-0.05, 0) is 36.4 Å². The van der Waals surface area contributed by atoms with Crippen LogP contribution in [0.3, 0.4) is 0 Å². The molecule has 154 valence electrons. The lowest BCUT2D eigenvalue weighted by atomic mass is 10.2. The normalized spacial score (nSPS) is 8.83. The first-order valence-corrected chi connectivity index (χ1v) is 8.26. The van der Waals surface area contributed by atoms with E-state index in [2.05, 4.69) is 10.1 Å². The third-order valence-corrected chi connectivity index (χ3v) is 3.41. The zero-order chi connectivity index (χ0) is 22.6. The first-order chi connectivity index (χ1) is 13.6. The fourth-order valence-electron chi connectivity index (χ4n) is 1.83. The molecule has 0 heterocycles. The van der Waals surface area contributed by atoms with Gasteiger partial charge in [0.05, 0.1) is 23.9 Å². The van der Waals surface area contributed by atoms with E-state index in [9.17, 15) is 14.4 Å². The zero-order valence-corrected chi connectivity index (χ0v) is 16.7. The maximum atomic E-state index is 11.0.